The average Bonchev–Trinajstić information content (AvgIpc) is 1.53. The van der Waals surface area contributed by atoms with Crippen molar-refractivity contribution in [2.45, 2.75) is 158 Å². The molecule has 6 aliphatic rings. The maximum absolute atomic E-state index is 13.9. The number of alkyl halides is 6. The molecule has 6 heterocycles. The summed E-state index contributed by atoms with van der Waals surface area (Å²) in [5, 5.41) is 77.8. The summed E-state index contributed by atoms with van der Waals surface area (Å²) in [4.78, 5) is 38.6. The van der Waals surface area contributed by atoms with E-state index in [0.29, 0.717) is 45.2 Å². The molecule has 136 heavy (non-hydrogen) atoms. The molecule has 730 valence electrons. The van der Waals surface area contributed by atoms with Gasteiger partial charge in [0.25, 0.3) is 5.69 Å². The van der Waals surface area contributed by atoms with Crippen LogP contribution in [0.5, 0.6) is 46.0 Å². The molecule has 6 aromatic heterocycles. The first-order valence-corrected chi connectivity index (χ1v) is 52.6. The first-order valence-electron chi connectivity index (χ1n) is 42.0. The summed E-state index contributed by atoms with van der Waals surface area (Å²) >= 11 is 24.7. The second kappa shape index (κ2) is 43.0. The fourth-order valence-corrected chi connectivity index (χ4v) is 22.7. The summed E-state index contributed by atoms with van der Waals surface area (Å²) in [5.74, 6) is 1.90. The Morgan fingerprint density at radius 3 is 1.03 bits per heavy atom. The number of aliphatic hydroxyl groups is 6. The smallest absolute Gasteiger partial charge is 0.417 e. The maximum atomic E-state index is 13.9. The van der Waals surface area contributed by atoms with Crippen LogP contribution in [-0.4, -0.2) is 126 Å². The van der Waals surface area contributed by atoms with Crippen LogP contribution < -0.4 is 37.9 Å². The van der Waals surface area contributed by atoms with Crippen LogP contribution in [0, 0.1) is 61.4 Å². The Bertz CT molecular complexity index is 6040. The minimum Gasteiger partial charge on any atom is -0.495 e. The van der Waals surface area contributed by atoms with Gasteiger partial charge in [-0.1, -0.05) is 82.4 Å². The molecule has 43 heteroatoms. The molecule has 18 rings (SSSR count). The van der Waals surface area contributed by atoms with E-state index < -0.39 is 80.1 Å². The van der Waals surface area contributed by atoms with Gasteiger partial charge in [0.2, 0.25) is 0 Å². The molecule has 6 unspecified atom stereocenters. The van der Waals surface area contributed by atoms with Gasteiger partial charge < -0.3 is 68.5 Å². The van der Waals surface area contributed by atoms with E-state index in [1.54, 1.807) is 103 Å². The predicted molar refractivity (Wildman–Crippen MR) is 533 cm³/mol. The van der Waals surface area contributed by atoms with Crippen LogP contribution in [0.2, 0.25) is 0 Å². The molecule has 0 amide bonds. The summed E-state index contributed by atoms with van der Waals surface area (Å²) in [6, 6.07) is 28.2. The molecule has 6 fully saturated rings. The molecule has 6 atom stereocenters. The van der Waals surface area contributed by atoms with E-state index >= 15 is 0 Å². The first kappa shape index (κ1) is 107. The van der Waals surface area contributed by atoms with E-state index in [2.05, 4.69) is 107 Å². The number of nitro groups is 1. The zero-order chi connectivity index (χ0) is 98.5. The van der Waals surface area contributed by atoms with Crippen LogP contribution in [0.25, 0.3) is 0 Å². The van der Waals surface area contributed by atoms with Gasteiger partial charge in [-0.3, -0.25) is 40.0 Å². The van der Waals surface area contributed by atoms with Crippen molar-refractivity contribution in [3.63, 3.8) is 0 Å². The number of hydrogen-bond donors (Lipinski definition) is 6. The normalized spacial score (nSPS) is 18.7. The third-order valence-electron chi connectivity index (χ3n) is 26.2. The van der Waals surface area contributed by atoms with Crippen LogP contribution in [0.15, 0.2) is 197 Å². The lowest BCUT2D eigenvalue weighted by Gasteiger charge is -2.36. The van der Waals surface area contributed by atoms with Gasteiger partial charge in [-0.15, -0.1) is 68.0 Å². The lowest BCUT2D eigenvalue weighted by Crippen LogP contribution is -2.49. The maximum Gasteiger partial charge on any atom is 0.417 e. The topological polar surface area (TPSA) is 316 Å². The molecule has 0 aliphatic heterocycles. The molecule has 6 saturated carbocycles. The molecule has 12 aromatic rings. The number of methoxy groups -OCH3 is 2. The third-order valence-corrected chi connectivity index (χ3v) is 35.6. The van der Waals surface area contributed by atoms with Crippen molar-refractivity contribution in [3.05, 3.63) is 261 Å². The number of nitrogens with zero attached hydrogens (tertiary/aromatic N) is 7. The summed E-state index contributed by atoms with van der Waals surface area (Å²) in [6.07, 6.45) is 9.40. The number of thiazole rings is 6. The Morgan fingerprint density at radius 2 is 0.699 bits per heavy atom. The average molecular weight is 2480 g/mol. The van der Waals surface area contributed by atoms with Crippen molar-refractivity contribution >= 4 is 183 Å². The SMILES string of the molecule is CC1(C(O)(COc2ccc(Br)c(C(F)(F)F)c2)c2cncs2)CC1.CC1(C(O)(COc2ccc(Br)cc2F)c2cncs2)CC1.CC1(C(O)(COc2ccc(I)c([N+](=O)[O-])c2)c2cncs2)CC1.COc1cc(Br)ccc1OCC(O)(c1cncs1)C1(C)CC1.COc1cc(OCC(O)(c2cncs2)C2(C)CC2)ccc1Br.OC(COc1ccc(I)cc1F)(c1cncs1)C1(C(F)(F)F)CC1. The van der Waals surface area contributed by atoms with Crippen LogP contribution in [-0.2, 0) is 39.8 Å². The van der Waals surface area contributed by atoms with Gasteiger partial charge in [0.05, 0.1) is 101 Å². The zero-order valence-corrected chi connectivity index (χ0v) is 89.2. The second-order valence-corrected chi connectivity index (χ2v) is 46.5. The number of benzene rings is 6. The quantitative estimate of drug-likeness (QED) is 0.00963. The Kier molecular flexibility index (Phi) is 33.7. The molecular formula is C93H93Br4F8I2N7O16S6. The monoisotopic (exact) mass is 2480 g/mol. The van der Waals surface area contributed by atoms with Gasteiger partial charge in [-0.25, -0.2) is 8.78 Å². The first-order chi connectivity index (χ1) is 64.1. The minimum absolute atomic E-state index is 0.00191. The van der Waals surface area contributed by atoms with Crippen molar-refractivity contribution in [2.24, 2.45) is 32.5 Å². The number of aromatic nitrogens is 6. The van der Waals surface area contributed by atoms with Crippen molar-refractivity contribution in [3.8, 4) is 46.0 Å². The molecule has 0 spiro atoms. The Balaban J connectivity index is 0.000000138. The zero-order valence-electron chi connectivity index (χ0n) is 73.7. The van der Waals surface area contributed by atoms with Crippen LogP contribution in [0.3, 0.4) is 0 Å². The van der Waals surface area contributed by atoms with Crippen molar-refractivity contribution < 1.29 is 109 Å². The van der Waals surface area contributed by atoms with E-state index in [1.807, 2.05) is 102 Å². The molecular weight excluding hydrogens is 2390 g/mol. The molecule has 6 aliphatic carbocycles. The number of ether oxygens (including phenoxy) is 8. The molecule has 6 N–H and O–H groups in total. The third kappa shape index (κ3) is 23.8. The summed E-state index contributed by atoms with van der Waals surface area (Å²) in [6.45, 7) is 9.80. The second-order valence-electron chi connectivity index (χ2n) is 35.2. The highest BCUT2D eigenvalue weighted by Crippen LogP contribution is 2.68. The summed E-state index contributed by atoms with van der Waals surface area (Å²) in [7, 11) is 3.22. The number of rotatable bonds is 33. The van der Waals surface area contributed by atoms with Gasteiger partial charge in [0.15, 0.2) is 34.6 Å². The van der Waals surface area contributed by atoms with Crippen LogP contribution in [0.1, 0.15) is 146 Å². The summed E-state index contributed by atoms with van der Waals surface area (Å²) in [5.41, 5.74) is -2.24. The molecule has 0 saturated heterocycles. The standard InChI is InChI=1S/C16H15BrF3NO2S.2C16H18BrNO3S.C15H15BrFNO2S.C15H12F4INO2S.C15H15IN2O4S/c1-14(4-5-14)15(22,13-7-21-9-24-13)8-23-10-2-3-12(17)11(6-10)16(18,19)20;1-15(5-6-15)16(19,14-8-18-10-22-14)9-21-11-3-4-12(17)13(7-11)20-2;1-15(5-6-15)16(19,14-8-18-10-22-14)9-21-12-4-3-11(17)7-13(12)20-2;1-14(4-5-14)15(19,13-7-18-9-21-13)8-20-12-3-2-10(16)6-11(12)17;16-10-5-9(20)1-2-11(10)23-7-14(22,12-6-21-8-24-12)13(3-4-13)15(17,18)19;1-14(4-5-14)15(19,13-7-17-9-23-13)8-22-10-2-3-11(16)12(6-10)18(20)21/h2-3,6-7,9,22H,4-5,8H2,1H3;2*3-4,7-8,10,19H,5-6,9H2,1-2H3;2-3,6-7,9,19H,4-5,8H2,1H3;1-2,5-6,8,22H,3-4,7H2;2-3,6-7,9,19H,4-5,8H2,1H3. The summed E-state index contributed by atoms with van der Waals surface area (Å²) < 4.78 is 155. The van der Waals surface area contributed by atoms with Crippen molar-refractivity contribution in [1.82, 2.24) is 29.9 Å². The number of nitro benzene ring substituents is 1. The van der Waals surface area contributed by atoms with Crippen molar-refractivity contribution in [2.75, 3.05) is 53.9 Å². The molecule has 0 bridgehead atoms. The van der Waals surface area contributed by atoms with Crippen LogP contribution in [0.4, 0.5) is 40.8 Å². The van der Waals surface area contributed by atoms with E-state index in [4.69, 9.17) is 37.9 Å². The van der Waals surface area contributed by atoms with Crippen LogP contribution >= 0.6 is 177 Å². The van der Waals surface area contributed by atoms with E-state index in [0.717, 1.165) is 110 Å². The van der Waals surface area contributed by atoms with E-state index in [9.17, 15) is 75.9 Å². The van der Waals surface area contributed by atoms with Gasteiger partial charge in [-0.05, 0) is 235 Å². The predicted octanol–water partition coefficient (Wildman–Crippen LogP) is 25.3. The van der Waals surface area contributed by atoms with Crippen molar-refractivity contribution in [1.29, 1.82) is 0 Å². The Hall–Kier alpha value is -6.52. The van der Waals surface area contributed by atoms with E-state index in [-0.39, 0.29) is 105 Å². The highest BCUT2D eigenvalue weighted by atomic mass is 127. The van der Waals surface area contributed by atoms with Gasteiger partial charge in [0, 0.05) is 87.3 Å². The number of halogens is 14. The Labute approximate surface area is 863 Å². The lowest BCUT2D eigenvalue weighted by molar-refractivity contribution is -0.385. The highest BCUT2D eigenvalue weighted by Gasteiger charge is 2.75. The Morgan fingerprint density at radius 1 is 0.382 bits per heavy atom. The highest BCUT2D eigenvalue weighted by molar-refractivity contribution is 14.1. The fraction of sp³-hybridized carbons (Fsp3) is 0.419. The van der Waals surface area contributed by atoms with Gasteiger partial charge in [0.1, 0.15) is 102 Å². The minimum atomic E-state index is -4.60. The lowest BCUT2D eigenvalue weighted by atomic mass is 9.83. The van der Waals surface area contributed by atoms with Gasteiger partial charge in [-0.2, -0.15) is 26.3 Å². The van der Waals surface area contributed by atoms with E-state index in [1.165, 1.54) is 105 Å². The fourth-order valence-electron chi connectivity index (χ4n) is 15.1. The molecule has 0 radical (unpaired) electrons. The molecule has 23 nitrogen and oxygen atoms in total. The number of hydrogen-bond acceptors (Lipinski definition) is 28. The van der Waals surface area contributed by atoms with Gasteiger partial charge >= 0.3 is 12.4 Å². The molecule has 6 aromatic carbocycles. The largest absolute Gasteiger partial charge is 0.495 e.